The summed E-state index contributed by atoms with van der Waals surface area (Å²) in [6, 6.07) is 0.0228. The monoisotopic (exact) mass is 258 g/mol. The standard InChI is InChI=1S/C12H22N2O4/c1-9(2)14(8-12(16)17)7-11(15)13-6-10-4-3-5-18-10/h9-10H,3-8H2,1-2H3,(H,13,15)(H,16,17). The van der Waals surface area contributed by atoms with Crippen molar-refractivity contribution < 1.29 is 19.4 Å². The van der Waals surface area contributed by atoms with Crippen LogP contribution in [0.4, 0.5) is 0 Å². The third kappa shape index (κ3) is 5.46. The lowest BCUT2D eigenvalue weighted by molar-refractivity contribution is -0.139. The number of aliphatic carboxylic acids is 1. The highest BCUT2D eigenvalue weighted by Crippen LogP contribution is 2.10. The number of ether oxygens (including phenoxy) is 1. The van der Waals surface area contributed by atoms with Gasteiger partial charge in [0.25, 0.3) is 0 Å². The predicted molar refractivity (Wildman–Crippen MR) is 66.3 cm³/mol. The molecule has 1 unspecified atom stereocenters. The van der Waals surface area contributed by atoms with Crippen LogP contribution < -0.4 is 5.32 Å². The van der Waals surface area contributed by atoms with E-state index in [0.717, 1.165) is 19.4 Å². The normalized spacial score (nSPS) is 19.4. The molecule has 104 valence electrons. The molecule has 1 saturated heterocycles. The van der Waals surface area contributed by atoms with Crippen LogP contribution >= 0.6 is 0 Å². The first-order valence-electron chi connectivity index (χ1n) is 6.33. The molecule has 0 aromatic carbocycles. The Morgan fingerprint density at radius 3 is 2.67 bits per heavy atom. The summed E-state index contributed by atoms with van der Waals surface area (Å²) in [6.07, 6.45) is 2.13. The van der Waals surface area contributed by atoms with E-state index >= 15 is 0 Å². The second kappa shape index (κ2) is 7.33. The number of nitrogens with zero attached hydrogens (tertiary/aromatic N) is 1. The van der Waals surface area contributed by atoms with Crippen LogP contribution in [0, 0.1) is 0 Å². The Kier molecular flexibility index (Phi) is 6.07. The zero-order valence-corrected chi connectivity index (χ0v) is 11.0. The summed E-state index contributed by atoms with van der Waals surface area (Å²) < 4.78 is 5.40. The summed E-state index contributed by atoms with van der Waals surface area (Å²) in [6.45, 7) is 5.00. The van der Waals surface area contributed by atoms with Crippen molar-refractivity contribution in [3.8, 4) is 0 Å². The average molecular weight is 258 g/mol. The number of hydrogen-bond acceptors (Lipinski definition) is 4. The van der Waals surface area contributed by atoms with Crippen molar-refractivity contribution in [1.29, 1.82) is 0 Å². The Morgan fingerprint density at radius 2 is 2.17 bits per heavy atom. The molecule has 18 heavy (non-hydrogen) atoms. The van der Waals surface area contributed by atoms with Gasteiger partial charge in [-0.1, -0.05) is 0 Å². The minimum Gasteiger partial charge on any atom is -0.480 e. The summed E-state index contributed by atoms with van der Waals surface area (Å²) in [5.41, 5.74) is 0. The number of carbonyl (C=O) groups is 2. The largest absolute Gasteiger partial charge is 0.480 e. The second-order valence-corrected chi connectivity index (χ2v) is 4.83. The van der Waals surface area contributed by atoms with Crippen molar-refractivity contribution in [3.05, 3.63) is 0 Å². The van der Waals surface area contributed by atoms with Gasteiger partial charge in [-0.3, -0.25) is 14.5 Å². The highest BCUT2D eigenvalue weighted by Gasteiger charge is 2.19. The average Bonchev–Trinajstić information content (AvgIpc) is 2.77. The number of amides is 1. The summed E-state index contributed by atoms with van der Waals surface area (Å²) in [5, 5.41) is 11.5. The first-order chi connectivity index (χ1) is 8.49. The van der Waals surface area contributed by atoms with Gasteiger partial charge in [-0.2, -0.15) is 0 Å². The summed E-state index contributed by atoms with van der Waals surface area (Å²) in [7, 11) is 0. The zero-order valence-electron chi connectivity index (χ0n) is 11.0. The van der Waals surface area contributed by atoms with Gasteiger partial charge in [0, 0.05) is 19.2 Å². The molecule has 0 spiro atoms. The smallest absolute Gasteiger partial charge is 0.317 e. The quantitative estimate of drug-likeness (QED) is 0.676. The highest BCUT2D eigenvalue weighted by atomic mass is 16.5. The summed E-state index contributed by atoms with van der Waals surface area (Å²) in [5.74, 6) is -1.07. The molecule has 1 fully saturated rings. The molecule has 0 aliphatic carbocycles. The van der Waals surface area contributed by atoms with Crippen LogP contribution in [0.3, 0.4) is 0 Å². The van der Waals surface area contributed by atoms with Crippen molar-refractivity contribution in [3.63, 3.8) is 0 Å². The number of nitrogens with one attached hydrogen (secondary N) is 1. The minimum absolute atomic E-state index is 0.0228. The fraction of sp³-hybridized carbons (Fsp3) is 0.833. The molecule has 1 aliphatic rings. The van der Waals surface area contributed by atoms with Crippen LogP contribution in [0.25, 0.3) is 0 Å². The molecule has 6 nitrogen and oxygen atoms in total. The van der Waals surface area contributed by atoms with E-state index in [4.69, 9.17) is 9.84 Å². The van der Waals surface area contributed by atoms with Gasteiger partial charge in [-0.25, -0.2) is 0 Å². The first kappa shape index (κ1) is 14.9. The van der Waals surface area contributed by atoms with Gasteiger partial charge in [0.05, 0.1) is 19.2 Å². The van der Waals surface area contributed by atoms with Crippen LogP contribution in [0.2, 0.25) is 0 Å². The molecule has 1 amide bonds. The molecule has 6 heteroatoms. The maximum absolute atomic E-state index is 11.7. The SMILES string of the molecule is CC(C)N(CC(=O)O)CC(=O)NCC1CCCO1. The number of carboxylic acids is 1. The van der Waals surface area contributed by atoms with Gasteiger partial charge in [0.15, 0.2) is 0 Å². The van der Waals surface area contributed by atoms with Gasteiger partial charge in [0.1, 0.15) is 0 Å². The van der Waals surface area contributed by atoms with E-state index in [2.05, 4.69) is 5.32 Å². The van der Waals surface area contributed by atoms with Crippen LogP contribution in [0.5, 0.6) is 0 Å². The Morgan fingerprint density at radius 1 is 1.44 bits per heavy atom. The van der Waals surface area contributed by atoms with E-state index in [9.17, 15) is 9.59 Å². The lowest BCUT2D eigenvalue weighted by atomic mass is 10.2. The molecule has 0 saturated carbocycles. The molecule has 2 N–H and O–H groups in total. The lowest BCUT2D eigenvalue weighted by Crippen LogP contribution is -2.44. The van der Waals surface area contributed by atoms with Gasteiger partial charge in [0.2, 0.25) is 5.91 Å². The topological polar surface area (TPSA) is 78.9 Å². The molecular formula is C12H22N2O4. The minimum atomic E-state index is -0.921. The van der Waals surface area contributed by atoms with Gasteiger partial charge < -0.3 is 15.2 Å². The predicted octanol–water partition coefficient (Wildman–Crippen LogP) is 0.0766. The van der Waals surface area contributed by atoms with Crippen molar-refractivity contribution in [2.75, 3.05) is 26.2 Å². The van der Waals surface area contributed by atoms with E-state index in [1.807, 2.05) is 13.8 Å². The Labute approximate surface area is 107 Å². The van der Waals surface area contributed by atoms with Crippen molar-refractivity contribution in [2.45, 2.75) is 38.8 Å². The maximum Gasteiger partial charge on any atom is 0.317 e. The molecule has 0 aromatic rings. The van der Waals surface area contributed by atoms with Crippen LogP contribution in [0.1, 0.15) is 26.7 Å². The zero-order chi connectivity index (χ0) is 13.5. The molecule has 0 radical (unpaired) electrons. The maximum atomic E-state index is 11.7. The fourth-order valence-electron chi connectivity index (χ4n) is 1.87. The second-order valence-electron chi connectivity index (χ2n) is 4.83. The summed E-state index contributed by atoms with van der Waals surface area (Å²) >= 11 is 0. The van der Waals surface area contributed by atoms with Crippen molar-refractivity contribution >= 4 is 11.9 Å². The van der Waals surface area contributed by atoms with Crippen molar-refractivity contribution in [2.24, 2.45) is 0 Å². The van der Waals surface area contributed by atoms with Gasteiger partial charge in [-0.05, 0) is 26.7 Å². The lowest BCUT2D eigenvalue weighted by Gasteiger charge is -2.24. The molecule has 0 aromatic heterocycles. The van der Waals surface area contributed by atoms with Crippen LogP contribution in [0.15, 0.2) is 0 Å². The third-order valence-electron chi connectivity index (χ3n) is 2.97. The number of rotatable bonds is 7. The van der Waals surface area contributed by atoms with Crippen LogP contribution in [-0.2, 0) is 14.3 Å². The van der Waals surface area contributed by atoms with E-state index < -0.39 is 5.97 Å². The Hall–Kier alpha value is -1.14. The number of hydrogen-bond donors (Lipinski definition) is 2. The summed E-state index contributed by atoms with van der Waals surface area (Å²) in [4.78, 5) is 24.0. The van der Waals surface area contributed by atoms with Crippen molar-refractivity contribution in [1.82, 2.24) is 10.2 Å². The highest BCUT2D eigenvalue weighted by molar-refractivity contribution is 5.79. The number of carbonyl (C=O) groups excluding carboxylic acids is 1. The third-order valence-corrected chi connectivity index (χ3v) is 2.97. The van der Waals surface area contributed by atoms with Gasteiger partial charge >= 0.3 is 5.97 Å². The van der Waals surface area contributed by atoms with E-state index in [1.54, 1.807) is 4.90 Å². The molecule has 0 bridgehead atoms. The molecule has 1 atom stereocenters. The fourth-order valence-corrected chi connectivity index (χ4v) is 1.87. The van der Waals surface area contributed by atoms with Crippen LogP contribution in [-0.4, -0.2) is 60.3 Å². The first-order valence-corrected chi connectivity index (χ1v) is 6.33. The van der Waals surface area contributed by atoms with E-state index in [0.29, 0.717) is 6.54 Å². The molecule has 1 rings (SSSR count). The number of carboxylic acid groups (broad SMARTS) is 1. The van der Waals surface area contributed by atoms with Gasteiger partial charge in [-0.15, -0.1) is 0 Å². The molecule has 1 heterocycles. The molecule has 1 aliphatic heterocycles. The Balaban J connectivity index is 2.28. The van der Waals surface area contributed by atoms with E-state index in [1.165, 1.54) is 0 Å². The Bertz CT molecular complexity index is 288. The molecular weight excluding hydrogens is 236 g/mol. The van der Waals surface area contributed by atoms with E-state index in [-0.39, 0.29) is 31.1 Å².